The zero-order valence-electron chi connectivity index (χ0n) is 14.5. The van der Waals surface area contributed by atoms with Gasteiger partial charge in [0, 0.05) is 17.7 Å². The number of fused-ring (bicyclic) bond motifs is 1. The summed E-state index contributed by atoms with van der Waals surface area (Å²) in [5.74, 6) is -1.40. The van der Waals surface area contributed by atoms with E-state index in [4.69, 9.17) is 4.74 Å². The van der Waals surface area contributed by atoms with E-state index >= 15 is 0 Å². The van der Waals surface area contributed by atoms with Crippen molar-refractivity contribution in [3.63, 3.8) is 0 Å². The van der Waals surface area contributed by atoms with Crippen LogP contribution >= 0.6 is 0 Å². The summed E-state index contributed by atoms with van der Waals surface area (Å²) in [6.07, 6.45) is -0.537. The quantitative estimate of drug-likeness (QED) is 0.347. The predicted octanol–water partition coefficient (Wildman–Crippen LogP) is 2.62. The molecule has 8 nitrogen and oxygen atoms in total. The maximum Gasteiger partial charge on any atom is 0.270 e. The third-order valence-corrected chi connectivity index (χ3v) is 4.25. The minimum absolute atomic E-state index is 0.151. The first-order valence-electron chi connectivity index (χ1n) is 8.31. The maximum atomic E-state index is 12.8. The van der Waals surface area contributed by atoms with Crippen molar-refractivity contribution in [2.45, 2.75) is 19.4 Å². The maximum absolute atomic E-state index is 12.8. The van der Waals surface area contributed by atoms with E-state index in [9.17, 15) is 24.5 Å². The van der Waals surface area contributed by atoms with Gasteiger partial charge in [-0.2, -0.15) is 0 Å². The number of benzene rings is 2. The number of non-ortho nitro benzene ring substituents is 1. The molecule has 3 rings (SSSR count). The molecule has 2 aromatic carbocycles. The largest absolute Gasteiger partial charge is 0.480 e. The second-order valence-electron chi connectivity index (χ2n) is 5.97. The highest BCUT2D eigenvalue weighted by molar-refractivity contribution is 6.12. The van der Waals surface area contributed by atoms with Crippen LogP contribution in [0.1, 0.15) is 34.1 Å². The zero-order valence-corrected chi connectivity index (χ0v) is 14.5. The number of ether oxygens (including phenoxy) is 1. The van der Waals surface area contributed by atoms with Gasteiger partial charge in [0.15, 0.2) is 11.9 Å². The van der Waals surface area contributed by atoms with Crippen LogP contribution < -0.4 is 4.74 Å². The average Bonchev–Trinajstić information content (AvgIpc) is 2.78. The number of ketones is 1. The van der Waals surface area contributed by atoms with Crippen LogP contribution in [0.15, 0.2) is 48.5 Å². The molecule has 0 fully saturated rings. The van der Waals surface area contributed by atoms with Crippen molar-refractivity contribution in [3.05, 3.63) is 69.8 Å². The molecule has 0 saturated heterocycles. The number of hydrogen-bond donors (Lipinski definition) is 0. The van der Waals surface area contributed by atoms with Crippen molar-refractivity contribution in [2.75, 3.05) is 6.54 Å². The number of nitro groups is 1. The molecular formula is C19H16N2O6. The minimum atomic E-state index is -0.873. The number of Topliss-reactive ketones (excluding diaryl/α,β-unsaturated/α-hetero) is 1. The number of rotatable bonds is 5. The van der Waals surface area contributed by atoms with Crippen LogP contribution in [0.3, 0.4) is 0 Å². The van der Waals surface area contributed by atoms with Gasteiger partial charge in [-0.1, -0.05) is 19.1 Å². The normalized spacial score (nSPS) is 16.3. The van der Waals surface area contributed by atoms with Crippen LogP contribution in [0.4, 0.5) is 5.69 Å². The Labute approximate surface area is 154 Å². The van der Waals surface area contributed by atoms with Crippen molar-refractivity contribution in [1.29, 1.82) is 0 Å². The molecule has 0 bridgehead atoms. The monoisotopic (exact) mass is 368 g/mol. The SMILES string of the molecule is CC[C@@H]1Oc2ccccc2C(=O)N(CC(=O)c2ccc([N+](=O)[O-])cc2)C1=O. The summed E-state index contributed by atoms with van der Waals surface area (Å²) in [4.78, 5) is 49.1. The molecule has 1 aliphatic heterocycles. The summed E-state index contributed by atoms with van der Waals surface area (Å²) in [5, 5.41) is 10.7. The number of nitrogens with zero attached hydrogens (tertiary/aromatic N) is 2. The Morgan fingerprint density at radius 3 is 2.44 bits per heavy atom. The third kappa shape index (κ3) is 3.55. The van der Waals surface area contributed by atoms with Crippen molar-refractivity contribution < 1.29 is 24.0 Å². The van der Waals surface area contributed by atoms with Gasteiger partial charge in [-0.25, -0.2) is 0 Å². The molecule has 1 atom stereocenters. The molecule has 1 heterocycles. The molecule has 1 aliphatic rings. The Hall–Kier alpha value is -3.55. The first-order chi connectivity index (χ1) is 12.9. The van der Waals surface area contributed by atoms with Gasteiger partial charge in [-0.15, -0.1) is 0 Å². The summed E-state index contributed by atoms with van der Waals surface area (Å²) in [7, 11) is 0. The standard InChI is InChI=1S/C19H16N2O6/c1-2-16-19(24)20(18(23)14-5-3-4-6-17(14)27-16)11-15(22)12-7-9-13(10-8-12)21(25)26/h3-10,16H,2,11H2,1H3/t16-/m0/s1. The molecular weight excluding hydrogens is 352 g/mol. The fourth-order valence-corrected chi connectivity index (χ4v) is 2.78. The average molecular weight is 368 g/mol. The van der Waals surface area contributed by atoms with Gasteiger partial charge in [-0.3, -0.25) is 29.4 Å². The van der Waals surface area contributed by atoms with E-state index in [-0.39, 0.29) is 16.8 Å². The highest BCUT2D eigenvalue weighted by Gasteiger charge is 2.36. The fraction of sp³-hybridized carbons (Fsp3) is 0.211. The minimum Gasteiger partial charge on any atom is -0.480 e. The third-order valence-electron chi connectivity index (χ3n) is 4.25. The predicted molar refractivity (Wildman–Crippen MR) is 94.6 cm³/mol. The first kappa shape index (κ1) is 18.2. The summed E-state index contributed by atoms with van der Waals surface area (Å²) in [6.45, 7) is 1.28. The summed E-state index contributed by atoms with van der Waals surface area (Å²) >= 11 is 0. The lowest BCUT2D eigenvalue weighted by atomic mass is 10.1. The van der Waals surface area contributed by atoms with Gasteiger partial charge in [0.25, 0.3) is 17.5 Å². The molecule has 0 aliphatic carbocycles. The summed E-state index contributed by atoms with van der Waals surface area (Å²) < 4.78 is 5.65. The molecule has 27 heavy (non-hydrogen) atoms. The fourth-order valence-electron chi connectivity index (χ4n) is 2.78. The molecule has 0 radical (unpaired) electrons. The van der Waals surface area contributed by atoms with E-state index in [1.165, 1.54) is 30.3 Å². The smallest absolute Gasteiger partial charge is 0.270 e. The molecule has 0 unspecified atom stereocenters. The topological polar surface area (TPSA) is 107 Å². The second kappa shape index (κ2) is 7.36. The molecule has 0 N–H and O–H groups in total. The van der Waals surface area contributed by atoms with Gasteiger partial charge in [-0.05, 0) is 30.7 Å². The lowest BCUT2D eigenvalue weighted by Crippen LogP contribution is -2.45. The van der Waals surface area contributed by atoms with Crippen LogP contribution in [-0.2, 0) is 4.79 Å². The lowest BCUT2D eigenvalue weighted by Gasteiger charge is -2.21. The number of nitro benzene ring substituents is 1. The Morgan fingerprint density at radius 1 is 1.15 bits per heavy atom. The van der Waals surface area contributed by atoms with Gasteiger partial charge in [0.2, 0.25) is 0 Å². The Morgan fingerprint density at radius 2 is 1.81 bits per heavy atom. The second-order valence-corrected chi connectivity index (χ2v) is 5.97. The number of para-hydroxylation sites is 1. The summed E-state index contributed by atoms with van der Waals surface area (Å²) in [5.41, 5.74) is 0.229. The van der Waals surface area contributed by atoms with Gasteiger partial charge >= 0.3 is 0 Å². The summed E-state index contributed by atoms with van der Waals surface area (Å²) in [6, 6.07) is 11.5. The van der Waals surface area contributed by atoms with Crippen molar-refractivity contribution in [2.24, 2.45) is 0 Å². The number of imide groups is 1. The van der Waals surface area contributed by atoms with E-state index in [1.54, 1.807) is 25.1 Å². The highest BCUT2D eigenvalue weighted by Crippen LogP contribution is 2.26. The Bertz CT molecular complexity index is 922. The van der Waals surface area contributed by atoms with E-state index in [0.29, 0.717) is 12.2 Å². The number of carbonyl (C=O) groups is 3. The molecule has 138 valence electrons. The van der Waals surface area contributed by atoms with Crippen LogP contribution in [0, 0.1) is 10.1 Å². The van der Waals surface area contributed by atoms with Gasteiger partial charge in [0.05, 0.1) is 17.0 Å². The van der Waals surface area contributed by atoms with Crippen molar-refractivity contribution >= 4 is 23.3 Å². The highest BCUT2D eigenvalue weighted by atomic mass is 16.6. The molecule has 2 aromatic rings. The molecule has 0 aromatic heterocycles. The first-order valence-corrected chi connectivity index (χ1v) is 8.31. The molecule has 0 saturated carbocycles. The van der Waals surface area contributed by atoms with Crippen LogP contribution in [0.2, 0.25) is 0 Å². The van der Waals surface area contributed by atoms with E-state index in [2.05, 4.69) is 0 Å². The van der Waals surface area contributed by atoms with E-state index < -0.39 is 35.2 Å². The number of amides is 2. The molecule has 0 spiro atoms. The van der Waals surface area contributed by atoms with Crippen molar-refractivity contribution in [1.82, 2.24) is 4.90 Å². The number of hydrogen-bond acceptors (Lipinski definition) is 6. The van der Waals surface area contributed by atoms with Gasteiger partial charge in [0.1, 0.15) is 5.75 Å². The zero-order chi connectivity index (χ0) is 19.6. The molecule has 2 amide bonds. The molecule has 8 heteroatoms. The van der Waals surface area contributed by atoms with Crippen molar-refractivity contribution in [3.8, 4) is 5.75 Å². The Balaban J connectivity index is 1.89. The number of carbonyl (C=O) groups excluding carboxylic acids is 3. The Kier molecular flexibility index (Phi) is 4.98. The van der Waals surface area contributed by atoms with Crippen LogP contribution in [0.25, 0.3) is 0 Å². The van der Waals surface area contributed by atoms with Crippen LogP contribution in [-0.4, -0.2) is 40.1 Å². The lowest BCUT2D eigenvalue weighted by molar-refractivity contribution is -0.384. The van der Waals surface area contributed by atoms with Gasteiger partial charge < -0.3 is 4.74 Å². The van der Waals surface area contributed by atoms with Crippen LogP contribution in [0.5, 0.6) is 5.75 Å². The van der Waals surface area contributed by atoms with E-state index in [0.717, 1.165) is 4.90 Å². The van der Waals surface area contributed by atoms with E-state index in [1.807, 2.05) is 0 Å².